The van der Waals surface area contributed by atoms with Crippen LogP contribution in [0.3, 0.4) is 0 Å². The zero-order valence-electron chi connectivity index (χ0n) is 17.2. The minimum Gasteiger partial charge on any atom is -0.426 e. The van der Waals surface area contributed by atoms with Gasteiger partial charge in [-0.1, -0.05) is 74.1 Å². The number of esters is 1. The molecule has 1 atom stereocenters. The monoisotopic (exact) mass is 434 g/mol. The van der Waals surface area contributed by atoms with Crippen molar-refractivity contribution in [3.05, 3.63) is 76.6 Å². The van der Waals surface area contributed by atoms with E-state index in [-0.39, 0.29) is 23.2 Å². The fourth-order valence-corrected chi connectivity index (χ4v) is 3.90. The number of thioether (sulfide) groups is 1. The Kier molecular flexibility index (Phi) is 6.18. The third-order valence-electron chi connectivity index (χ3n) is 4.96. The van der Waals surface area contributed by atoms with Crippen molar-refractivity contribution in [2.45, 2.75) is 31.3 Å². The number of carbonyl (C=O) groups is 1. The van der Waals surface area contributed by atoms with Crippen molar-refractivity contribution < 1.29 is 9.53 Å². The van der Waals surface area contributed by atoms with E-state index in [2.05, 4.69) is 28.9 Å². The zero-order valence-corrected chi connectivity index (χ0v) is 18.1. The summed E-state index contributed by atoms with van der Waals surface area (Å²) in [6, 6.07) is 18.5. The number of nitrogens with zero attached hydrogens (tertiary/aromatic N) is 3. The molecule has 0 aliphatic heterocycles. The Hall–Kier alpha value is -3.39. The second-order valence-corrected chi connectivity index (χ2v) is 8.06. The maximum atomic E-state index is 12.6. The first-order valence-electron chi connectivity index (χ1n) is 10.0. The van der Waals surface area contributed by atoms with E-state index >= 15 is 0 Å². The molecule has 1 N–H and O–H groups in total. The first-order chi connectivity index (χ1) is 15.0. The summed E-state index contributed by atoms with van der Waals surface area (Å²) in [4.78, 5) is 33.4. The number of hydrogen-bond donors (Lipinski definition) is 1. The van der Waals surface area contributed by atoms with E-state index in [4.69, 9.17) is 4.74 Å². The standard InChI is InChI=1S/C23H22N4O3S/c1-3-15(2)17-11-7-8-12-18(17)30-21(29)14-31-23-25-22(16-9-5-4-6-10-16)24-19-13-20(28)26-27(19)23/h4-13,15H,3,14H2,1-2H3,(H,26,28)/t15-/m0/s1. The van der Waals surface area contributed by atoms with Gasteiger partial charge in [-0.15, -0.1) is 0 Å². The molecule has 31 heavy (non-hydrogen) atoms. The molecule has 0 spiro atoms. The molecule has 0 bridgehead atoms. The summed E-state index contributed by atoms with van der Waals surface area (Å²) in [6.45, 7) is 4.20. The molecular formula is C23H22N4O3S. The summed E-state index contributed by atoms with van der Waals surface area (Å²) in [5.41, 5.74) is 1.99. The Morgan fingerprint density at radius 3 is 2.65 bits per heavy atom. The number of fused-ring (bicyclic) bond motifs is 1. The molecule has 0 amide bonds. The van der Waals surface area contributed by atoms with Gasteiger partial charge in [-0.25, -0.2) is 14.5 Å². The molecule has 2 aromatic heterocycles. The Bertz CT molecular complexity index is 1270. The van der Waals surface area contributed by atoms with E-state index in [1.807, 2.05) is 54.6 Å². The normalized spacial score (nSPS) is 12.1. The summed E-state index contributed by atoms with van der Waals surface area (Å²) in [5.74, 6) is 1.00. The van der Waals surface area contributed by atoms with Crippen LogP contribution in [0.15, 0.2) is 70.6 Å². The fraction of sp³-hybridized carbons (Fsp3) is 0.217. The first kappa shape index (κ1) is 20.9. The van der Waals surface area contributed by atoms with Gasteiger partial charge in [0.25, 0.3) is 5.56 Å². The lowest BCUT2D eigenvalue weighted by atomic mass is 9.98. The minimum absolute atomic E-state index is 0.0371. The van der Waals surface area contributed by atoms with Gasteiger partial charge in [-0.05, 0) is 24.0 Å². The van der Waals surface area contributed by atoms with Crippen molar-refractivity contribution in [3.63, 3.8) is 0 Å². The molecule has 0 fully saturated rings. The van der Waals surface area contributed by atoms with Gasteiger partial charge < -0.3 is 4.74 Å². The highest BCUT2D eigenvalue weighted by Gasteiger charge is 2.16. The maximum absolute atomic E-state index is 12.6. The summed E-state index contributed by atoms with van der Waals surface area (Å²) in [5, 5.41) is 3.13. The lowest BCUT2D eigenvalue weighted by Gasteiger charge is -2.14. The Labute approximate surface area is 183 Å². The van der Waals surface area contributed by atoms with E-state index in [1.54, 1.807) is 0 Å². The van der Waals surface area contributed by atoms with Crippen molar-refractivity contribution in [1.29, 1.82) is 0 Å². The van der Waals surface area contributed by atoms with Gasteiger partial charge in [-0.2, -0.15) is 0 Å². The molecule has 4 rings (SSSR count). The Morgan fingerprint density at radius 1 is 1.13 bits per heavy atom. The highest BCUT2D eigenvalue weighted by molar-refractivity contribution is 7.99. The molecule has 158 valence electrons. The zero-order chi connectivity index (χ0) is 21.8. The van der Waals surface area contributed by atoms with E-state index in [9.17, 15) is 9.59 Å². The summed E-state index contributed by atoms with van der Waals surface area (Å²) >= 11 is 1.19. The van der Waals surface area contributed by atoms with Crippen LogP contribution < -0.4 is 10.3 Å². The molecule has 0 aliphatic rings. The van der Waals surface area contributed by atoms with Crippen LogP contribution in [0.5, 0.6) is 5.75 Å². The third kappa shape index (κ3) is 4.69. The lowest BCUT2D eigenvalue weighted by Crippen LogP contribution is -2.14. The van der Waals surface area contributed by atoms with Crippen LogP contribution in [0.2, 0.25) is 0 Å². The van der Waals surface area contributed by atoms with Crippen molar-refractivity contribution in [2.24, 2.45) is 0 Å². The number of rotatable bonds is 7. The number of ether oxygens (including phenoxy) is 1. The van der Waals surface area contributed by atoms with Crippen LogP contribution in [0.1, 0.15) is 31.7 Å². The molecule has 2 aromatic carbocycles. The van der Waals surface area contributed by atoms with Gasteiger partial charge in [0.2, 0.25) is 0 Å². The lowest BCUT2D eigenvalue weighted by molar-refractivity contribution is -0.131. The molecule has 7 nitrogen and oxygen atoms in total. The number of aromatic nitrogens is 4. The maximum Gasteiger partial charge on any atom is 0.321 e. The predicted octanol–water partition coefficient (Wildman–Crippen LogP) is 4.30. The summed E-state index contributed by atoms with van der Waals surface area (Å²) in [6.07, 6.45) is 0.950. The van der Waals surface area contributed by atoms with E-state index in [1.165, 1.54) is 22.3 Å². The van der Waals surface area contributed by atoms with Gasteiger partial charge in [0, 0.05) is 11.6 Å². The number of hydrogen-bond acceptors (Lipinski definition) is 6. The average molecular weight is 435 g/mol. The summed E-state index contributed by atoms with van der Waals surface area (Å²) in [7, 11) is 0. The van der Waals surface area contributed by atoms with E-state index < -0.39 is 0 Å². The molecule has 4 aromatic rings. The smallest absolute Gasteiger partial charge is 0.321 e. The van der Waals surface area contributed by atoms with Crippen molar-refractivity contribution in [3.8, 4) is 17.1 Å². The molecule has 0 unspecified atom stereocenters. The first-order valence-corrected chi connectivity index (χ1v) is 11.0. The van der Waals surface area contributed by atoms with Crippen molar-refractivity contribution >= 4 is 23.4 Å². The number of aromatic amines is 1. The third-order valence-corrected chi connectivity index (χ3v) is 5.87. The van der Waals surface area contributed by atoms with Crippen LogP contribution in [0.4, 0.5) is 0 Å². The van der Waals surface area contributed by atoms with Gasteiger partial charge in [0.05, 0.1) is 5.75 Å². The van der Waals surface area contributed by atoms with E-state index in [0.29, 0.717) is 22.4 Å². The minimum atomic E-state index is -0.386. The second kappa shape index (κ2) is 9.18. The quantitative estimate of drug-likeness (QED) is 0.265. The molecular weight excluding hydrogens is 412 g/mol. The molecule has 0 aliphatic carbocycles. The topological polar surface area (TPSA) is 89.3 Å². The van der Waals surface area contributed by atoms with Crippen LogP contribution in [0.25, 0.3) is 17.0 Å². The molecule has 0 saturated carbocycles. The number of benzene rings is 2. The van der Waals surface area contributed by atoms with E-state index in [0.717, 1.165) is 17.5 Å². The summed E-state index contributed by atoms with van der Waals surface area (Å²) < 4.78 is 7.12. The molecule has 2 heterocycles. The van der Waals surface area contributed by atoms with Gasteiger partial charge in [0.15, 0.2) is 16.6 Å². The second-order valence-electron chi connectivity index (χ2n) is 7.12. The number of H-pyrrole nitrogens is 1. The Balaban J connectivity index is 1.57. The predicted molar refractivity (Wildman–Crippen MR) is 121 cm³/mol. The van der Waals surface area contributed by atoms with Crippen LogP contribution >= 0.6 is 11.8 Å². The van der Waals surface area contributed by atoms with Crippen LogP contribution in [0, 0.1) is 0 Å². The molecule has 8 heteroatoms. The number of para-hydroxylation sites is 1. The number of carbonyl (C=O) groups excluding carboxylic acids is 1. The van der Waals surface area contributed by atoms with Crippen LogP contribution in [-0.2, 0) is 4.79 Å². The van der Waals surface area contributed by atoms with Crippen molar-refractivity contribution in [1.82, 2.24) is 19.6 Å². The molecule has 0 saturated heterocycles. The average Bonchev–Trinajstić information content (AvgIpc) is 3.18. The largest absolute Gasteiger partial charge is 0.426 e. The van der Waals surface area contributed by atoms with Gasteiger partial charge in [0.1, 0.15) is 5.75 Å². The SMILES string of the molecule is CC[C@H](C)c1ccccc1OC(=O)CSc1nc(-c2ccccc2)nc2cc(=O)[nH]n12. The molecule has 0 radical (unpaired) electrons. The van der Waals surface area contributed by atoms with Crippen molar-refractivity contribution in [2.75, 3.05) is 5.75 Å². The van der Waals surface area contributed by atoms with Gasteiger partial charge >= 0.3 is 5.97 Å². The number of nitrogens with one attached hydrogen (secondary N) is 1. The van der Waals surface area contributed by atoms with Gasteiger partial charge in [-0.3, -0.25) is 14.7 Å². The Morgan fingerprint density at radius 2 is 1.87 bits per heavy atom. The van der Waals surface area contributed by atoms with Crippen LogP contribution in [-0.4, -0.2) is 31.3 Å². The fourth-order valence-electron chi connectivity index (χ4n) is 3.17. The highest BCUT2D eigenvalue weighted by atomic mass is 32.2. The highest BCUT2D eigenvalue weighted by Crippen LogP contribution is 2.29.